The number of nitrogens with zero attached hydrogens (tertiary/aromatic N) is 1. The van der Waals surface area contributed by atoms with Crippen LogP contribution in [0.25, 0.3) is 6.08 Å². The average Bonchev–Trinajstić information content (AvgIpc) is 2.77. The van der Waals surface area contributed by atoms with Crippen molar-refractivity contribution in [1.82, 2.24) is 0 Å². The first-order chi connectivity index (χ1) is 14.8. The van der Waals surface area contributed by atoms with E-state index in [1.54, 1.807) is 24.3 Å². The van der Waals surface area contributed by atoms with Crippen LogP contribution in [-0.2, 0) is 0 Å². The maximum absolute atomic E-state index is 13.0. The summed E-state index contributed by atoms with van der Waals surface area (Å²) in [6.07, 6.45) is 1.51. The smallest absolute Gasteiger partial charge is 0.207 e. The van der Waals surface area contributed by atoms with Crippen LogP contribution in [0.4, 0.5) is 5.69 Å². The van der Waals surface area contributed by atoms with Crippen molar-refractivity contribution >= 4 is 29.1 Å². The van der Waals surface area contributed by atoms with Gasteiger partial charge in [0.2, 0.25) is 17.3 Å². The van der Waals surface area contributed by atoms with Crippen LogP contribution in [0.2, 0.25) is 0 Å². The number of halogens is 1. The fraction of sp³-hybridized carbons (Fsp3) is 0.348. The maximum Gasteiger partial charge on any atom is 0.207 e. The molecular weight excluding hydrogens is 422 g/mol. The number of hydrogen-bond donors (Lipinski definition) is 0. The van der Waals surface area contributed by atoms with Gasteiger partial charge in [0.15, 0.2) is 11.5 Å². The molecule has 8 heteroatoms. The van der Waals surface area contributed by atoms with Gasteiger partial charge in [0.1, 0.15) is 5.75 Å². The Morgan fingerprint density at radius 2 is 1.58 bits per heavy atom. The minimum atomic E-state index is -0.344. The van der Waals surface area contributed by atoms with Crippen LogP contribution in [0, 0.1) is 0 Å². The van der Waals surface area contributed by atoms with Crippen molar-refractivity contribution in [1.29, 1.82) is 0 Å². The highest BCUT2D eigenvalue weighted by Crippen LogP contribution is 2.47. The van der Waals surface area contributed by atoms with Gasteiger partial charge in [-0.2, -0.15) is 0 Å². The predicted octanol–water partition coefficient (Wildman–Crippen LogP) is 4.65. The molecule has 0 aliphatic carbocycles. The highest BCUT2D eigenvalue weighted by Gasteiger charge is 2.22. The van der Waals surface area contributed by atoms with E-state index in [1.165, 1.54) is 34.5 Å². The summed E-state index contributed by atoms with van der Waals surface area (Å²) >= 11 is 6.43. The van der Waals surface area contributed by atoms with Crippen molar-refractivity contribution in [3.63, 3.8) is 0 Å². The highest BCUT2D eigenvalue weighted by atomic mass is 35.5. The molecule has 2 aromatic carbocycles. The number of carbonyl (C=O) groups excluding carboxylic acids is 1. The molecule has 0 heterocycles. The number of benzene rings is 2. The second kappa shape index (κ2) is 10.8. The van der Waals surface area contributed by atoms with Crippen molar-refractivity contribution in [3.05, 3.63) is 40.4 Å². The number of ether oxygens (including phenoxy) is 5. The van der Waals surface area contributed by atoms with Crippen molar-refractivity contribution in [2.75, 3.05) is 54.0 Å². The lowest BCUT2D eigenvalue weighted by Crippen LogP contribution is -2.12. The summed E-state index contributed by atoms with van der Waals surface area (Å²) in [4.78, 5) is 14.9. The highest BCUT2D eigenvalue weighted by molar-refractivity contribution is 6.47. The molecular formula is C23H28ClNO6. The van der Waals surface area contributed by atoms with Gasteiger partial charge in [0.05, 0.1) is 45.8 Å². The van der Waals surface area contributed by atoms with Crippen LogP contribution < -0.4 is 28.6 Å². The zero-order chi connectivity index (χ0) is 23.1. The van der Waals surface area contributed by atoms with Crippen LogP contribution in [-0.4, -0.2) is 54.9 Å². The molecule has 2 rings (SSSR count). The second-order valence-corrected chi connectivity index (χ2v) is 7.01. The van der Waals surface area contributed by atoms with Gasteiger partial charge >= 0.3 is 0 Å². The molecule has 0 spiro atoms. The summed E-state index contributed by atoms with van der Waals surface area (Å²) in [5.41, 5.74) is 1.72. The third-order valence-electron chi connectivity index (χ3n) is 4.52. The van der Waals surface area contributed by atoms with E-state index in [0.29, 0.717) is 46.5 Å². The van der Waals surface area contributed by atoms with Crippen LogP contribution in [0.15, 0.2) is 29.3 Å². The van der Waals surface area contributed by atoms with E-state index in [0.717, 1.165) is 5.69 Å². The van der Waals surface area contributed by atoms with Gasteiger partial charge in [0, 0.05) is 25.2 Å². The van der Waals surface area contributed by atoms with Crippen molar-refractivity contribution in [3.8, 4) is 28.7 Å². The summed E-state index contributed by atoms with van der Waals surface area (Å²) in [7, 11) is 9.75. The van der Waals surface area contributed by atoms with E-state index in [9.17, 15) is 4.79 Å². The number of carbonyl (C=O) groups is 1. The fourth-order valence-electron chi connectivity index (χ4n) is 3.09. The molecule has 168 valence electrons. The molecule has 0 aliphatic heterocycles. The summed E-state index contributed by atoms with van der Waals surface area (Å²) < 4.78 is 27.3. The second-order valence-electron chi connectivity index (χ2n) is 6.60. The number of Topliss-reactive ketones (excluding diaryl/α,β-unsaturated/α-hetero) is 1. The first kappa shape index (κ1) is 24.2. The van der Waals surface area contributed by atoms with Gasteiger partial charge in [-0.15, -0.1) is 0 Å². The Kier molecular flexibility index (Phi) is 8.45. The van der Waals surface area contributed by atoms with E-state index >= 15 is 0 Å². The topological polar surface area (TPSA) is 66.5 Å². The van der Waals surface area contributed by atoms with Crippen molar-refractivity contribution < 1.29 is 28.5 Å². The molecule has 0 unspecified atom stereocenters. The van der Waals surface area contributed by atoms with E-state index in [4.69, 9.17) is 35.3 Å². The van der Waals surface area contributed by atoms with Crippen molar-refractivity contribution in [2.24, 2.45) is 0 Å². The lowest BCUT2D eigenvalue weighted by Gasteiger charge is -2.18. The summed E-state index contributed by atoms with van der Waals surface area (Å²) in [6, 6.07) is 6.86. The molecule has 0 saturated heterocycles. The summed E-state index contributed by atoms with van der Waals surface area (Å²) in [5.74, 6) is 1.84. The van der Waals surface area contributed by atoms with Crippen LogP contribution in [0.3, 0.4) is 0 Å². The Morgan fingerprint density at radius 1 is 0.935 bits per heavy atom. The zero-order valence-corrected chi connectivity index (χ0v) is 19.6. The molecule has 0 radical (unpaired) electrons. The van der Waals surface area contributed by atoms with Gasteiger partial charge in [-0.1, -0.05) is 11.6 Å². The maximum atomic E-state index is 13.0. The number of allylic oxidation sites excluding steroid dienone is 1. The molecule has 0 aromatic heterocycles. The quantitative estimate of drug-likeness (QED) is 0.386. The third kappa shape index (κ3) is 5.17. The van der Waals surface area contributed by atoms with E-state index in [1.807, 2.05) is 25.9 Å². The molecule has 0 amide bonds. The Hall–Kier alpha value is -3.06. The lowest BCUT2D eigenvalue weighted by atomic mass is 10.1. The van der Waals surface area contributed by atoms with Crippen LogP contribution in [0.1, 0.15) is 22.8 Å². The van der Waals surface area contributed by atoms with Crippen molar-refractivity contribution in [2.45, 2.75) is 6.92 Å². The Labute approximate surface area is 188 Å². The van der Waals surface area contributed by atoms with Crippen LogP contribution in [0.5, 0.6) is 28.7 Å². The average molecular weight is 450 g/mol. The van der Waals surface area contributed by atoms with Crippen LogP contribution >= 0.6 is 11.6 Å². The molecule has 31 heavy (non-hydrogen) atoms. The first-order valence-corrected chi connectivity index (χ1v) is 9.93. The Morgan fingerprint density at radius 3 is 2.10 bits per heavy atom. The summed E-state index contributed by atoms with van der Waals surface area (Å²) in [5, 5.41) is 0.00133. The van der Waals surface area contributed by atoms with Gasteiger partial charge in [-0.25, -0.2) is 0 Å². The number of rotatable bonds is 10. The molecule has 0 N–H and O–H groups in total. The number of methoxy groups -OCH3 is 4. The number of ketones is 1. The SMILES string of the molecule is CCOc1ccc(C(=O)/C(Cl)=C\c2cc(OC)c(OC)c(OC)c2OC)cc1N(C)C. The molecule has 0 aliphatic rings. The molecule has 0 bridgehead atoms. The fourth-order valence-corrected chi connectivity index (χ4v) is 3.32. The third-order valence-corrected chi connectivity index (χ3v) is 4.80. The monoisotopic (exact) mass is 449 g/mol. The molecule has 2 aromatic rings. The standard InChI is InChI=1S/C23H28ClNO6/c1-8-31-18-10-9-14(12-17(18)25(2)3)20(26)16(24)11-15-13-19(27-4)22(29-6)23(30-7)21(15)28-5/h9-13H,8H2,1-7H3/b16-11+. The van der Waals surface area contributed by atoms with E-state index in [-0.39, 0.29) is 10.8 Å². The van der Waals surface area contributed by atoms with E-state index < -0.39 is 0 Å². The normalized spacial score (nSPS) is 11.0. The zero-order valence-electron chi connectivity index (χ0n) is 18.9. The largest absolute Gasteiger partial charge is 0.493 e. The predicted molar refractivity (Wildman–Crippen MR) is 123 cm³/mol. The minimum Gasteiger partial charge on any atom is -0.493 e. The van der Waals surface area contributed by atoms with Gasteiger partial charge in [0.25, 0.3) is 0 Å². The molecule has 7 nitrogen and oxygen atoms in total. The first-order valence-electron chi connectivity index (χ1n) is 9.55. The lowest BCUT2D eigenvalue weighted by molar-refractivity contribution is 0.104. The van der Waals surface area contributed by atoms with E-state index in [2.05, 4.69) is 0 Å². The van der Waals surface area contributed by atoms with Gasteiger partial charge in [-0.05, 0) is 37.3 Å². The number of anilines is 1. The minimum absolute atomic E-state index is 0.00133. The Balaban J connectivity index is 2.54. The van der Waals surface area contributed by atoms with Gasteiger partial charge in [-0.3, -0.25) is 4.79 Å². The van der Waals surface area contributed by atoms with Gasteiger partial charge < -0.3 is 28.6 Å². The Bertz CT molecular complexity index is 971. The number of hydrogen-bond acceptors (Lipinski definition) is 7. The molecule has 0 saturated carbocycles. The molecule has 0 atom stereocenters. The molecule has 0 fully saturated rings. The summed E-state index contributed by atoms with van der Waals surface area (Å²) in [6.45, 7) is 2.43.